The number of piperidine rings is 1. The summed E-state index contributed by atoms with van der Waals surface area (Å²) in [5.41, 5.74) is 2.13. The zero-order valence-corrected chi connectivity index (χ0v) is 18.8. The molecule has 0 aromatic heterocycles. The molecule has 0 aliphatic carbocycles. The van der Waals surface area contributed by atoms with Crippen molar-refractivity contribution in [3.05, 3.63) is 101 Å². The summed E-state index contributed by atoms with van der Waals surface area (Å²) in [6.07, 6.45) is 1.47. The fourth-order valence-electron chi connectivity index (χ4n) is 4.31. The van der Waals surface area contributed by atoms with E-state index in [0.717, 1.165) is 17.5 Å². The number of nitrogens with zero attached hydrogens (tertiary/aromatic N) is 1. The van der Waals surface area contributed by atoms with Crippen LogP contribution < -0.4 is 4.72 Å². The van der Waals surface area contributed by atoms with E-state index in [0.29, 0.717) is 23.7 Å². The van der Waals surface area contributed by atoms with Gasteiger partial charge in [-0.25, -0.2) is 8.78 Å². The Bertz CT molecular complexity index is 1130. The van der Waals surface area contributed by atoms with E-state index >= 15 is 0 Å². The van der Waals surface area contributed by atoms with Crippen LogP contribution in [0.4, 0.5) is 14.5 Å². The number of rotatable bonds is 6. The maximum atomic E-state index is 13.5. The summed E-state index contributed by atoms with van der Waals surface area (Å²) in [7, 11) is -3.79. The Balaban J connectivity index is 1.62. The molecule has 4 rings (SSSR count). The van der Waals surface area contributed by atoms with Crippen molar-refractivity contribution in [3.63, 3.8) is 0 Å². The first-order valence-corrected chi connectivity index (χ1v) is 12.2. The van der Waals surface area contributed by atoms with Crippen LogP contribution in [0.15, 0.2) is 72.8 Å². The first-order valence-electron chi connectivity index (χ1n) is 10.4. The minimum Gasteiger partial charge on any atom is -0.271 e. The molecule has 1 aliphatic heterocycles. The van der Waals surface area contributed by atoms with Crippen LogP contribution in [0.1, 0.15) is 29.9 Å². The Morgan fingerprint density at radius 2 is 1.53 bits per heavy atom. The molecule has 1 unspecified atom stereocenters. The molecule has 1 N–H and O–H groups in total. The maximum absolute atomic E-state index is 13.5. The summed E-state index contributed by atoms with van der Waals surface area (Å²) >= 11 is 5.98. The van der Waals surface area contributed by atoms with Crippen molar-refractivity contribution in [1.29, 1.82) is 0 Å². The van der Waals surface area contributed by atoms with Gasteiger partial charge in [0.1, 0.15) is 11.6 Å². The molecular weight excluding hydrogens is 454 g/mol. The number of hydrogen-bond acceptors (Lipinski definition) is 2. The van der Waals surface area contributed by atoms with E-state index in [1.165, 1.54) is 28.6 Å². The van der Waals surface area contributed by atoms with Crippen molar-refractivity contribution in [3.8, 4) is 0 Å². The predicted molar refractivity (Wildman–Crippen MR) is 123 cm³/mol. The van der Waals surface area contributed by atoms with Gasteiger partial charge in [0.15, 0.2) is 0 Å². The van der Waals surface area contributed by atoms with Gasteiger partial charge in [0.2, 0.25) is 0 Å². The first kappa shape index (κ1) is 22.7. The topological polar surface area (TPSA) is 49.4 Å². The normalized spacial score (nSPS) is 17.4. The Morgan fingerprint density at radius 1 is 0.938 bits per heavy atom. The monoisotopic (exact) mass is 476 g/mol. The summed E-state index contributed by atoms with van der Waals surface area (Å²) in [5, 5.41) is 0.439. The molecule has 4 nitrogen and oxygen atoms in total. The number of anilines is 1. The van der Waals surface area contributed by atoms with Crippen molar-refractivity contribution >= 4 is 27.5 Å². The van der Waals surface area contributed by atoms with Gasteiger partial charge >= 0.3 is 10.2 Å². The molecule has 0 saturated carbocycles. The second-order valence-electron chi connectivity index (χ2n) is 7.96. The van der Waals surface area contributed by atoms with Gasteiger partial charge in [-0.3, -0.25) is 4.72 Å². The van der Waals surface area contributed by atoms with Crippen LogP contribution in [0.5, 0.6) is 0 Å². The molecule has 3 aromatic carbocycles. The molecular formula is C24H23ClF2N2O2S. The third-order valence-corrected chi connectivity index (χ3v) is 7.50. The van der Waals surface area contributed by atoms with Gasteiger partial charge in [0, 0.05) is 24.0 Å². The Hall–Kier alpha value is -2.48. The van der Waals surface area contributed by atoms with E-state index in [-0.39, 0.29) is 30.0 Å². The predicted octanol–water partition coefficient (Wildman–Crippen LogP) is 5.82. The highest BCUT2D eigenvalue weighted by molar-refractivity contribution is 7.90. The lowest BCUT2D eigenvalue weighted by Crippen LogP contribution is -2.44. The van der Waals surface area contributed by atoms with Crippen molar-refractivity contribution in [2.24, 2.45) is 5.92 Å². The van der Waals surface area contributed by atoms with E-state index in [4.69, 9.17) is 11.6 Å². The Labute approximate surface area is 192 Å². The van der Waals surface area contributed by atoms with Crippen molar-refractivity contribution in [2.45, 2.75) is 18.8 Å². The lowest BCUT2D eigenvalue weighted by Gasteiger charge is -2.37. The second-order valence-corrected chi connectivity index (χ2v) is 10.1. The summed E-state index contributed by atoms with van der Waals surface area (Å²) in [5.74, 6) is -0.939. The van der Waals surface area contributed by atoms with Crippen LogP contribution in [-0.2, 0) is 10.2 Å². The third-order valence-electron chi connectivity index (χ3n) is 5.76. The van der Waals surface area contributed by atoms with E-state index in [9.17, 15) is 17.2 Å². The Morgan fingerprint density at radius 3 is 2.09 bits per heavy atom. The molecule has 32 heavy (non-hydrogen) atoms. The van der Waals surface area contributed by atoms with Crippen molar-refractivity contribution in [2.75, 3.05) is 17.8 Å². The van der Waals surface area contributed by atoms with Gasteiger partial charge < -0.3 is 0 Å². The molecule has 1 aliphatic rings. The van der Waals surface area contributed by atoms with Crippen LogP contribution in [0, 0.1) is 17.6 Å². The molecule has 0 bridgehead atoms. The number of benzene rings is 3. The average molecular weight is 477 g/mol. The summed E-state index contributed by atoms with van der Waals surface area (Å²) in [6, 6.07) is 19.0. The maximum Gasteiger partial charge on any atom is 0.301 e. The van der Waals surface area contributed by atoms with Crippen LogP contribution >= 0.6 is 11.6 Å². The standard InChI is InChI=1S/C24H23ClF2N2O2S/c25-20-4-1-5-23(15-20)28-32(30,31)29-14-2-3-19(16-29)24(17-6-10-21(26)11-7-17)18-8-12-22(27)13-9-18/h1,4-13,15,19,24,28H,2-3,14,16H2. The van der Waals surface area contributed by atoms with Gasteiger partial charge in [0.25, 0.3) is 0 Å². The minimum atomic E-state index is -3.79. The first-order chi connectivity index (χ1) is 15.3. The van der Waals surface area contributed by atoms with Crippen LogP contribution in [0.25, 0.3) is 0 Å². The zero-order valence-electron chi connectivity index (χ0n) is 17.2. The molecule has 1 heterocycles. The molecule has 8 heteroatoms. The molecule has 0 radical (unpaired) electrons. The minimum absolute atomic E-state index is 0.0596. The quantitative estimate of drug-likeness (QED) is 0.487. The van der Waals surface area contributed by atoms with E-state index in [1.54, 1.807) is 48.5 Å². The van der Waals surface area contributed by atoms with Crippen LogP contribution in [-0.4, -0.2) is 25.8 Å². The summed E-state index contributed by atoms with van der Waals surface area (Å²) < 4.78 is 57.3. The smallest absolute Gasteiger partial charge is 0.271 e. The van der Waals surface area contributed by atoms with Gasteiger partial charge in [-0.05, 0) is 72.4 Å². The lowest BCUT2D eigenvalue weighted by atomic mass is 9.77. The van der Waals surface area contributed by atoms with Gasteiger partial charge in [-0.1, -0.05) is 41.9 Å². The van der Waals surface area contributed by atoms with Crippen LogP contribution in [0.2, 0.25) is 5.02 Å². The highest BCUT2D eigenvalue weighted by Crippen LogP contribution is 2.38. The lowest BCUT2D eigenvalue weighted by molar-refractivity contribution is 0.250. The Kier molecular flexibility index (Phi) is 6.79. The second kappa shape index (κ2) is 9.57. The van der Waals surface area contributed by atoms with Crippen molar-refractivity contribution < 1.29 is 17.2 Å². The SMILES string of the molecule is O=S(=O)(Nc1cccc(Cl)c1)N1CCCC(C(c2ccc(F)cc2)c2ccc(F)cc2)C1. The van der Waals surface area contributed by atoms with Gasteiger partial charge in [-0.15, -0.1) is 0 Å². The summed E-state index contributed by atoms with van der Waals surface area (Å²) in [6.45, 7) is 0.682. The van der Waals surface area contributed by atoms with E-state index in [2.05, 4.69) is 4.72 Å². The molecule has 3 aromatic rings. The average Bonchev–Trinajstić information content (AvgIpc) is 2.77. The van der Waals surface area contributed by atoms with E-state index < -0.39 is 10.2 Å². The van der Waals surface area contributed by atoms with Gasteiger partial charge in [0.05, 0.1) is 5.69 Å². The molecule has 0 spiro atoms. The molecule has 168 valence electrons. The highest BCUT2D eigenvalue weighted by atomic mass is 35.5. The number of nitrogens with one attached hydrogen (secondary N) is 1. The highest BCUT2D eigenvalue weighted by Gasteiger charge is 2.34. The molecule has 1 atom stereocenters. The van der Waals surface area contributed by atoms with Crippen molar-refractivity contribution in [1.82, 2.24) is 4.31 Å². The molecule has 1 fully saturated rings. The van der Waals surface area contributed by atoms with E-state index in [1.807, 2.05) is 0 Å². The van der Waals surface area contributed by atoms with Gasteiger partial charge in [-0.2, -0.15) is 12.7 Å². The fraction of sp³-hybridized carbons (Fsp3) is 0.250. The molecule has 0 amide bonds. The summed E-state index contributed by atoms with van der Waals surface area (Å²) in [4.78, 5) is 0. The molecule has 1 saturated heterocycles. The fourth-order valence-corrected chi connectivity index (χ4v) is 5.81. The third kappa shape index (κ3) is 5.28. The largest absolute Gasteiger partial charge is 0.301 e. The number of halogens is 3. The zero-order chi connectivity index (χ0) is 22.7. The van der Waals surface area contributed by atoms with Crippen LogP contribution in [0.3, 0.4) is 0 Å². The number of hydrogen-bond donors (Lipinski definition) is 1.